The van der Waals surface area contributed by atoms with Crippen LogP contribution in [0.15, 0.2) is 65.3 Å². The zero-order valence-electron chi connectivity index (χ0n) is 11.9. The van der Waals surface area contributed by atoms with Crippen LogP contribution < -0.4 is 0 Å². The number of halogens is 2. The zero-order valence-corrected chi connectivity index (χ0v) is 12.6. The van der Waals surface area contributed by atoms with E-state index < -0.39 is 5.97 Å². The normalized spacial score (nSPS) is 16.0. The molecule has 2 aromatic carbocycles. The van der Waals surface area contributed by atoms with E-state index in [9.17, 15) is 9.18 Å². The van der Waals surface area contributed by atoms with Crippen molar-refractivity contribution in [2.75, 3.05) is 0 Å². The van der Waals surface area contributed by atoms with Crippen LogP contribution in [0.4, 0.5) is 4.39 Å². The molecular weight excluding hydrogens is 317 g/mol. The van der Waals surface area contributed by atoms with E-state index in [0.717, 1.165) is 5.56 Å². The van der Waals surface area contributed by atoms with Gasteiger partial charge in [0.25, 0.3) is 0 Å². The Hall–Kier alpha value is -2.72. The van der Waals surface area contributed by atoms with Gasteiger partial charge in [0.05, 0.1) is 0 Å². The molecule has 23 heavy (non-hydrogen) atoms. The van der Waals surface area contributed by atoms with Gasteiger partial charge in [-0.2, -0.15) is 0 Å². The van der Waals surface area contributed by atoms with Gasteiger partial charge in [-0.25, -0.2) is 14.2 Å². The number of cyclic esters (lactones) is 1. The van der Waals surface area contributed by atoms with E-state index in [1.807, 2.05) is 12.1 Å². The summed E-state index contributed by atoms with van der Waals surface area (Å²) in [6.07, 6.45) is 4.92. The number of carbonyl (C=O) groups is 1. The molecule has 3 rings (SSSR count). The Bertz CT molecular complexity index is 821. The van der Waals surface area contributed by atoms with Crippen LogP contribution in [0.25, 0.3) is 12.2 Å². The lowest BCUT2D eigenvalue weighted by atomic mass is 10.2. The topological polar surface area (TPSA) is 38.7 Å². The highest BCUT2D eigenvalue weighted by atomic mass is 35.5. The maximum Gasteiger partial charge on any atom is 0.363 e. The summed E-state index contributed by atoms with van der Waals surface area (Å²) in [6.45, 7) is 0. The van der Waals surface area contributed by atoms with Gasteiger partial charge in [0.2, 0.25) is 5.90 Å². The third kappa shape index (κ3) is 3.93. The fourth-order valence-corrected chi connectivity index (χ4v) is 2.08. The molecule has 0 N–H and O–H groups in total. The van der Waals surface area contributed by atoms with Crippen molar-refractivity contribution in [3.8, 4) is 0 Å². The van der Waals surface area contributed by atoms with Crippen molar-refractivity contribution in [2.24, 2.45) is 4.99 Å². The molecule has 0 amide bonds. The first-order valence-electron chi connectivity index (χ1n) is 6.82. The van der Waals surface area contributed by atoms with E-state index in [2.05, 4.69) is 4.99 Å². The first kappa shape index (κ1) is 15.2. The summed E-state index contributed by atoms with van der Waals surface area (Å²) in [5.74, 6) is -0.667. The number of hydrogen-bond acceptors (Lipinski definition) is 3. The smallest absolute Gasteiger partial charge is 0.363 e. The molecule has 0 saturated heterocycles. The summed E-state index contributed by atoms with van der Waals surface area (Å²) in [5, 5.41) is 0.649. The Balaban J connectivity index is 1.78. The molecule has 0 bridgehead atoms. The second-order valence-corrected chi connectivity index (χ2v) is 5.24. The largest absolute Gasteiger partial charge is 0.403 e. The van der Waals surface area contributed by atoms with Crippen molar-refractivity contribution in [1.29, 1.82) is 0 Å². The van der Waals surface area contributed by atoms with Crippen molar-refractivity contribution in [3.63, 3.8) is 0 Å². The van der Waals surface area contributed by atoms with E-state index in [0.29, 0.717) is 10.6 Å². The van der Waals surface area contributed by atoms with E-state index >= 15 is 0 Å². The SMILES string of the molecule is O=C1OC(/C=C/c2ccc(Cl)cc2)=NC/1=C\c1ccc(F)cc1. The minimum Gasteiger partial charge on any atom is -0.403 e. The highest BCUT2D eigenvalue weighted by molar-refractivity contribution is 6.30. The average molecular weight is 328 g/mol. The predicted octanol–water partition coefficient (Wildman–Crippen LogP) is 4.49. The summed E-state index contributed by atoms with van der Waals surface area (Å²) >= 11 is 5.82. The summed E-state index contributed by atoms with van der Waals surface area (Å²) in [4.78, 5) is 15.9. The number of nitrogens with zero attached hydrogens (tertiary/aromatic N) is 1. The van der Waals surface area contributed by atoms with Gasteiger partial charge in [-0.3, -0.25) is 0 Å². The second kappa shape index (κ2) is 6.58. The molecule has 0 radical (unpaired) electrons. The number of hydrogen-bond donors (Lipinski definition) is 0. The monoisotopic (exact) mass is 327 g/mol. The molecule has 0 fully saturated rings. The number of carbonyl (C=O) groups excluding carboxylic acids is 1. The molecule has 2 aromatic rings. The molecule has 0 saturated carbocycles. The van der Waals surface area contributed by atoms with Crippen LogP contribution in [0, 0.1) is 5.82 Å². The Morgan fingerprint density at radius 3 is 2.30 bits per heavy atom. The van der Waals surface area contributed by atoms with E-state index in [4.69, 9.17) is 16.3 Å². The van der Waals surface area contributed by atoms with Crippen molar-refractivity contribution in [2.45, 2.75) is 0 Å². The lowest BCUT2D eigenvalue weighted by molar-refractivity contribution is -0.129. The maximum absolute atomic E-state index is 12.9. The molecule has 1 heterocycles. The van der Waals surface area contributed by atoms with E-state index in [1.165, 1.54) is 12.1 Å². The molecule has 114 valence electrons. The highest BCUT2D eigenvalue weighted by Gasteiger charge is 2.20. The maximum atomic E-state index is 12.9. The van der Waals surface area contributed by atoms with Gasteiger partial charge in [-0.1, -0.05) is 35.9 Å². The van der Waals surface area contributed by atoms with Crippen molar-refractivity contribution >= 4 is 35.6 Å². The lowest BCUT2D eigenvalue weighted by Gasteiger charge is -1.94. The minimum absolute atomic E-state index is 0.173. The predicted molar refractivity (Wildman–Crippen MR) is 88.4 cm³/mol. The fraction of sp³-hybridized carbons (Fsp3) is 0. The first-order chi connectivity index (χ1) is 11.1. The molecule has 0 unspecified atom stereocenters. The Morgan fingerprint density at radius 1 is 0.957 bits per heavy atom. The van der Waals surface area contributed by atoms with Gasteiger partial charge < -0.3 is 4.74 Å². The number of aliphatic imine (C=N–C) groups is 1. The molecule has 0 aliphatic carbocycles. The molecular formula is C18H11ClFNO2. The van der Waals surface area contributed by atoms with Gasteiger partial charge in [-0.05, 0) is 47.5 Å². The van der Waals surface area contributed by atoms with Crippen molar-refractivity contribution < 1.29 is 13.9 Å². The van der Waals surface area contributed by atoms with Crippen LogP contribution in [0.2, 0.25) is 5.02 Å². The summed E-state index contributed by atoms with van der Waals surface area (Å²) in [7, 11) is 0. The Labute approximate surface area is 137 Å². The zero-order chi connectivity index (χ0) is 16.2. The fourth-order valence-electron chi connectivity index (χ4n) is 1.96. The number of rotatable bonds is 3. The summed E-state index contributed by atoms with van der Waals surface area (Å²) in [6, 6.07) is 13.0. The van der Waals surface area contributed by atoms with Gasteiger partial charge in [0, 0.05) is 11.1 Å². The molecule has 0 aromatic heterocycles. The molecule has 0 spiro atoms. The quantitative estimate of drug-likeness (QED) is 0.615. The summed E-state index contributed by atoms with van der Waals surface area (Å²) in [5.41, 5.74) is 1.75. The average Bonchev–Trinajstić information content (AvgIpc) is 2.89. The number of benzene rings is 2. The van der Waals surface area contributed by atoms with Crippen LogP contribution in [-0.2, 0) is 9.53 Å². The Morgan fingerprint density at radius 2 is 1.61 bits per heavy atom. The highest BCUT2D eigenvalue weighted by Crippen LogP contribution is 2.17. The van der Waals surface area contributed by atoms with Crippen molar-refractivity contribution in [3.05, 3.63) is 82.3 Å². The second-order valence-electron chi connectivity index (χ2n) is 4.81. The Kier molecular flexibility index (Phi) is 4.35. The van der Waals surface area contributed by atoms with Gasteiger partial charge in [0.1, 0.15) is 5.82 Å². The first-order valence-corrected chi connectivity index (χ1v) is 7.20. The van der Waals surface area contributed by atoms with Crippen LogP contribution in [0.3, 0.4) is 0 Å². The van der Waals surface area contributed by atoms with Crippen LogP contribution in [-0.4, -0.2) is 11.9 Å². The third-order valence-corrected chi connectivity index (χ3v) is 3.35. The van der Waals surface area contributed by atoms with Crippen molar-refractivity contribution in [1.82, 2.24) is 0 Å². The van der Waals surface area contributed by atoms with Crippen LogP contribution in [0.1, 0.15) is 11.1 Å². The van der Waals surface area contributed by atoms with Gasteiger partial charge >= 0.3 is 5.97 Å². The van der Waals surface area contributed by atoms with Gasteiger partial charge in [0.15, 0.2) is 5.70 Å². The van der Waals surface area contributed by atoms with Crippen LogP contribution >= 0.6 is 11.6 Å². The molecule has 3 nitrogen and oxygen atoms in total. The molecule has 0 atom stereocenters. The number of esters is 1. The molecule has 1 aliphatic heterocycles. The van der Waals surface area contributed by atoms with E-state index in [1.54, 1.807) is 42.5 Å². The van der Waals surface area contributed by atoms with Crippen LogP contribution in [0.5, 0.6) is 0 Å². The summed E-state index contributed by atoms with van der Waals surface area (Å²) < 4.78 is 17.9. The standard InChI is InChI=1S/C18H11ClFNO2/c19-14-6-1-12(2-7-14)5-10-17-21-16(18(22)23-17)11-13-3-8-15(20)9-4-13/h1-11H/b10-5+,16-11-. The molecule has 5 heteroatoms. The number of ether oxygens (including phenoxy) is 1. The molecule has 1 aliphatic rings. The minimum atomic E-state index is -0.537. The third-order valence-electron chi connectivity index (χ3n) is 3.10. The lowest BCUT2D eigenvalue weighted by Crippen LogP contribution is -2.01. The van der Waals surface area contributed by atoms with Gasteiger partial charge in [-0.15, -0.1) is 0 Å². The van der Waals surface area contributed by atoms with E-state index in [-0.39, 0.29) is 17.4 Å².